The van der Waals surface area contributed by atoms with E-state index in [9.17, 15) is 4.79 Å². The van der Waals surface area contributed by atoms with Crippen molar-refractivity contribution in [2.45, 2.75) is 38.3 Å². The first-order chi connectivity index (χ1) is 10.2. The number of rotatable bonds is 4. The molecular weight excluding hydrogens is 302 g/mol. The van der Waals surface area contributed by atoms with Gasteiger partial charge in [0.15, 0.2) is 5.82 Å². The van der Waals surface area contributed by atoms with E-state index < -0.39 is 0 Å². The van der Waals surface area contributed by atoms with Crippen molar-refractivity contribution in [3.05, 3.63) is 17.6 Å². The normalized spacial score (nSPS) is 11.7. The van der Waals surface area contributed by atoms with Crippen molar-refractivity contribution in [2.24, 2.45) is 7.05 Å². The van der Waals surface area contributed by atoms with Crippen LogP contribution in [0.1, 0.15) is 32.3 Å². The first-order valence-corrected chi connectivity index (χ1v) is 7.81. The molecule has 2 heterocycles. The van der Waals surface area contributed by atoms with Crippen LogP contribution >= 0.6 is 11.8 Å². The van der Waals surface area contributed by atoms with Gasteiger partial charge in [0.05, 0.1) is 11.4 Å². The quantitative estimate of drug-likeness (QED) is 0.644. The molecule has 0 aliphatic rings. The summed E-state index contributed by atoms with van der Waals surface area (Å²) in [6.07, 6.45) is 0. The highest BCUT2D eigenvalue weighted by molar-refractivity contribution is 7.99. The molecule has 0 saturated carbocycles. The number of carbonyl (C=O) groups is 1. The van der Waals surface area contributed by atoms with Crippen molar-refractivity contribution in [3.63, 3.8) is 0 Å². The number of aryl methyl sites for hydroxylation is 2. The molecule has 0 aliphatic heterocycles. The van der Waals surface area contributed by atoms with Gasteiger partial charge in [-0.05, 0) is 6.92 Å². The first-order valence-electron chi connectivity index (χ1n) is 6.82. The molecule has 0 saturated heterocycles. The number of amides is 1. The molecule has 3 N–H and O–H groups in total. The summed E-state index contributed by atoms with van der Waals surface area (Å²) in [5.74, 6) is 7.37. The number of hydrogen-bond acceptors (Lipinski definition) is 6. The lowest BCUT2D eigenvalue weighted by atomic mass is 9.96. The number of nitrogen functional groups attached to an aromatic ring is 1. The van der Waals surface area contributed by atoms with E-state index in [0.717, 1.165) is 5.69 Å². The van der Waals surface area contributed by atoms with Gasteiger partial charge < -0.3 is 11.2 Å². The second-order valence-corrected chi connectivity index (χ2v) is 7.00. The molecule has 0 aliphatic carbocycles. The van der Waals surface area contributed by atoms with E-state index in [-0.39, 0.29) is 17.1 Å². The van der Waals surface area contributed by atoms with Crippen molar-refractivity contribution in [1.29, 1.82) is 0 Å². The summed E-state index contributed by atoms with van der Waals surface area (Å²) in [5, 5.41) is 15.6. The molecule has 0 radical (unpaired) electrons. The number of nitrogens with one attached hydrogen (secondary N) is 1. The van der Waals surface area contributed by atoms with Crippen LogP contribution in [0.15, 0.2) is 11.2 Å². The number of thioether (sulfide) groups is 1. The highest BCUT2D eigenvalue weighted by atomic mass is 32.2. The molecule has 9 heteroatoms. The number of carbonyl (C=O) groups excluding carboxylic acids is 1. The number of hydrogen-bond donors (Lipinski definition) is 2. The van der Waals surface area contributed by atoms with Crippen LogP contribution in [0, 0.1) is 6.92 Å². The van der Waals surface area contributed by atoms with Crippen LogP contribution in [0.5, 0.6) is 0 Å². The summed E-state index contributed by atoms with van der Waals surface area (Å²) in [6, 6.07) is 1.81. The maximum atomic E-state index is 12.0. The van der Waals surface area contributed by atoms with Crippen LogP contribution in [0.25, 0.3) is 0 Å². The lowest BCUT2D eigenvalue weighted by Crippen LogP contribution is -2.24. The number of aromatic nitrogens is 5. The Kier molecular flexibility index (Phi) is 4.45. The summed E-state index contributed by atoms with van der Waals surface area (Å²) in [5.41, 5.74) is 0.650. The Balaban J connectivity index is 1.97. The van der Waals surface area contributed by atoms with Crippen molar-refractivity contribution < 1.29 is 4.79 Å². The van der Waals surface area contributed by atoms with E-state index >= 15 is 0 Å². The number of nitrogens with two attached hydrogens (primary N) is 1. The maximum absolute atomic E-state index is 12.0. The Morgan fingerprint density at radius 1 is 1.41 bits per heavy atom. The fourth-order valence-electron chi connectivity index (χ4n) is 1.92. The number of nitrogens with zero attached hydrogens (tertiary/aromatic N) is 5. The van der Waals surface area contributed by atoms with Crippen molar-refractivity contribution in [1.82, 2.24) is 24.7 Å². The van der Waals surface area contributed by atoms with Gasteiger partial charge in [-0.15, -0.1) is 10.2 Å². The summed E-state index contributed by atoms with van der Waals surface area (Å²) >= 11 is 1.25. The first kappa shape index (κ1) is 16.3. The van der Waals surface area contributed by atoms with Crippen LogP contribution in [0.2, 0.25) is 0 Å². The van der Waals surface area contributed by atoms with Gasteiger partial charge in [0.1, 0.15) is 5.82 Å². The molecule has 1 amide bonds. The average Bonchev–Trinajstić information content (AvgIpc) is 2.90. The Morgan fingerprint density at radius 2 is 2.09 bits per heavy atom. The molecule has 0 bridgehead atoms. The summed E-state index contributed by atoms with van der Waals surface area (Å²) in [7, 11) is 1.78. The van der Waals surface area contributed by atoms with Crippen LogP contribution < -0.4 is 11.2 Å². The SMILES string of the molecule is Cc1cc(NC(=O)CSc2nnc(C(C)(C)C)n2N)n(C)n1. The monoisotopic (exact) mass is 323 g/mol. The highest BCUT2D eigenvalue weighted by Gasteiger charge is 2.23. The fourth-order valence-corrected chi connectivity index (χ4v) is 2.58. The lowest BCUT2D eigenvalue weighted by Gasteiger charge is -2.16. The molecule has 2 aromatic heterocycles. The van der Waals surface area contributed by atoms with Gasteiger partial charge in [-0.1, -0.05) is 32.5 Å². The summed E-state index contributed by atoms with van der Waals surface area (Å²) in [4.78, 5) is 12.0. The van der Waals surface area contributed by atoms with Gasteiger partial charge in [-0.3, -0.25) is 9.48 Å². The van der Waals surface area contributed by atoms with E-state index in [0.29, 0.717) is 16.8 Å². The lowest BCUT2D eigenvalue weighted by molar-refractivity contribution is -0.113. The van der Waals surface area contributed by atoms with Crippen LogP contribution in [-0.4, -0.2) is 36.3 Å². The smallest absolute Gasteiger partial charge is 0.235 e. The van der Waals surface area contributed by atoms with Gasteiger partial charge in [0, 0.05) is 18.5 Å². The van der Waals surface area contributed by atoms with Gasteiger partial charge in [-0.2, -0.15) is 5.10 Å². The minimum absolute atomic E-state index is 0.145. The highest BCUT2D eigenvalue weighted by Crippen LogP contribution is 2.23. The predicted octanol–water partition coefficient (Wildman–Crippen LogP) is 1.06. The largest absolute Gasteiger partial charge is 0.336 e. The third-order valence-corrected chi connectivity index (χ3v) is 3.88. The zero-order valence-electron chi connectivity index (χ0n) is 13.4. The van der Waals surface area contributed by atoms with Gasteiger partial charge in [0.2, 0.25) is 11.1 Å². The predicted molar refractivity (Wildman–Crippen MR) is 86.2 cm³/mol. The molecule has 0 spiro atoms. The third-order valence-electron chi connectivity index (χ3n) is 2.94. The van der Waals surface area contributed by atoms with E-state index in [2.05, 4.69) is 20.6 Å². The minimum atomic E-state index is -0.199. The Morgan fingerprint density at radius 3 is 2.59 bits per heavy atom. The van der Waals surface area contributed by atoms with E-state index in [1.165, 1.54) is 16.4 Å². The molecule has 0 fully saturated rings. The van der Waals surface area contributed by atoms with Crippen molar-refractivity contribution in [3.8, 4) is 0 Å². The second kappa shape index (κ2) is 5.99. The van der Waals surface area contributed by atoms with Gasteiger partial charge >= 0.3 is 0 Å². The fraction of sp³-hybridized carbons (Fsp3) is 0.538. The summed E-state index contributed by atoms with van der Waals surface area (Å²) < 4.78 is 3.06. The topological polar surface area (TPSA) is 104 Å². The van der Waals surface area contributed by atoms with Gasteiger partial charge in [-0.25, -0.2) is 4.68 Å². The van der Waals surface area contributed by atoms with E-state index in [1.54, 1.807) is 11.7 Å². The molecule has 22 heavy (non-hydrogen) atoms. The average molecular weight is 323 g/mol. The molecule has 0 unspecified atom stereocenters. The van der Waals surface area contributed by atoms with E-state index in [1.807, 2.05) is 33.8 Å². The Hall–Kier alpha value is -2.03. The maximum Gasteiger partial charge on any atom is 0.235 e. The molecule has 0 atom stereocenters. The minimum Gasteiger partial charge on any atom is -0.336 e. The summed E-state index contributed by atoms with van der Waals surface area (Å²) in [6.45, 7) is 7.89. The third kappa shape index (κ3) is 3.59. The Labute approximate surface area is 133 Å². The molecule has 8 nitrogen and oxygen atoms in total. The zero-order valence-corrected chi connectivity index (χ0v) is 14.2. The second-order valence-electron chi connectivity index (χ2n) is 6.06. The molecule has 0 aromatic carbocycles. The molecule has 2 aromatic rings. The van der Waals surface area contributed by atoms with Crippen LogP contribution in [0.4, 0.5) is 5.82 Å². The van der Waals surface area contributed by atoms with E-state index in [4.69, 9.17) is 5.84 Å². The van der Waals surface area contributed by atoms with Crippen LogP contribution in [-0.2, 0) is 17.3 Å². The van der Waals surface area contributed by atoms with Crippen molar-refractivity contribution in [2.75, 3.05) is 16.9 Å². The zero-order chi connectivity index (χ0) is 16.5. The van der Waals surface area contributed by atoms with Crippen molar-refractivity contribution >= 4 is 23.5 Å². The Bertz CT molecular complexity index is 683. The molecule has 2 rings (SSSR count). The van der Waals surface area contributed by atoms with Gasteiger partial charge in [0.25, 0.3) is 0 Å². The molecular formula is C13H21N7OS. The van der Waals surface area contributed by atoms with Crippen LogP contribution in [0.3, 0.4) is 0 Å². The number of anilines is 1. The molecule has 120 valence electrons. The standard InChI is InChI=1S/C13H21N7OS/c1-8-6-9(19(5)18-8)15-10(21)7-22-12-17-16-11(20(12)14)13(2,3)4/h6H,7,14H2,1-5H3,(H,15,21).